The second kappa shape index (κ2) is 4.99. The van der Waals surface area contributed by atoms with E-state index in [-0.39, 0.29) is 0 Å². The Morgan fingerprint density at radius 3 is 2.83 bits per heavy atom. The van der Waals surface area contributed by atoms with Gasteiger partial charge in [0.15, 0.2) is 0 Å². The molecular formula is C13H22N4O. The van der Waals surface area contributed by atoms with Crippen LogP contribution in [0.25, 0.3) is 0 Å². The number of likely N-dealkylation sites (N-methyl/N-ethyl adjacent to an activating group) is 1. The van der Waals surface area contributed by atoms with Crippen molar-refractivity contribution < 1.29 is 4.74 Å². The van der Waals surface area contributed by atoms with E-state index in [1.165, 1.54) is 11.5 Å². The molecular weight excluding hydrogens is 228 g/mol. The van der Waals surface area contributed by atoms with Gasteiger partial charge in [0.05, 0.1) is 11.4 Å². The van der Waals surface area contributed by atoms with Crippen LogP contribution < -0.4 is 5.73 Å². The highest BCUT2D eigenvalue weighted by atomic mass is 16.5. The first-order chi connectivity index (χ1) is 8.79. The highest BCUT2D eigenvalue weighted by molar-refractivity contribution is 5.21. The zero-order valence-corrected chi connectivity index (χ0v) is 11.1. The molecule has 0 saturated carbocycles. The van der Waals surface area contributed by atoms with E-state index in [0.717, 1.165) is 51.4 Å². The molecule has 2 N–H and O–H groups in total. The van der Waals surface area contributed by atoms with Crippen LogP contribution in [0.3, 0.4) is 0 Å². The van der Waals surface area contributed by atoms with Gasteiger partial charge in [-0.25, -0.2) is 4.98 Å². The first kappa shape index (κ1) is 12.1. The van der Waals surface area contributed by atoms with E-state index in [9.17, 15) is 0 Å². The molecule has 5 nitrogen and oxygen atoms in total. The first-order valence-electron chi connectivity index (χ1n) is 6.84. The Morgan fingerprint density at radius 2 is 2.11 bits per heavy atom. The van der Waals surface area contributed by atoms with Crippen LogP contribution in [0, 0.1) is 0 Å². The molecule has 3 heterocycles. The molecule has 0 aliphatic carbocycles. The summed E-state index contributed by atoms with van der Waals surface area (Å²) >= 11 is 0. The summed E-state index contributed by atoms with van der Waals surface area (Å²) in [6.07, 6.45) is 2.19. The molecule has 0 aromatic carbocycles. The number of imidazole rings is 1. The fraction of sp³-hybridized carbons (Fsp3) is 0.769. The first-order valence-corrected chi connectivity index (χ1v) is 6.84. The molecule has 0 bridgehead atoms. The maximum absolute atomic E-state index is 5.84. The van der Waals surface area contributed by atoms with Crippen LogP contribution in [0.4, 0.5) is 0 Å². The Kier molecular flexibility index (Phi) is 3.37. The molecule has 1 saturated heterocycles. The normalized spacial score (nSPS) is 22.1. The fourth-order valence-electron chi connectivity index (χ4n) is 3.02. The molecule has 18 heavy (non-hydrogen) atoms. The van der Waals surface area contributed by atoms with Crippen molar-refractivity contribution in [1.82, 2.24) is 14.5 Å². The lowest BCUT2D eigenvalue weighted by Crippen LogP contribution is -2.32. The van der Waals surface area contributed by atoms with Gasteiger partial charge in [0.25, 0.3) is 0 Å². The van der Waals surface area contributed by atoms with Gasteiger partial charge in [-0.05, 0) is 19.9 Å². The van der Waals surface area contributed by atoms with Crippen LogP contribution in [-0.4, -0.2) is 41.3 Å². The van der Waals surface area contributed by atoms with E-state index >= 15 is 0 Å². The number of fused-ring (bicyclic) bond motifs is 1. The number of nitrogens with zero attached hydrogens (tertiary/aromatic N) is 3. The zero-order valence-electron chi connectivity index (χ0n) is 11.1. The maximum atomic E-state index is 5.84. The second-order valence-corrected chi connectivity index (χ2v) is 5.34. The number of ether oxygens (including phenoxy) is 1. The van der Waals surface area contributed by atoms with Crippen molar-refractivity contribution in [3.63, 3.8) is 0 Å². The summed E-state index contributed by atoms with van der Waals surface area (Å²) in [6.45, 7) is 5.40. The molecule has 100 valence electrons. The quantitative estimate of drug-likeness (QED) is 0.838. The van der Waals surface area contributed by atoms with Crippen molar-refractivity contribution in [3.8, 4) is 0 Å². The highest BCUT2D eigenvalue weighted by Gasteiger charge is 2.27. The highest BCUT2D eigenvalue weighted by Crippen LogP contribution is 2.29. The Bertz CT molecular complexity index is 423. The Balaban J connectivity index is 1.94. The molecule has 0 amide bonds. The lowest BCUT2D eigenvalue weighted by atomic mass is 9.99. The molecule has 2 aliphatic rings. The summed E-state index contributed by atoms with van der Waals surface area (Å²) in [5.41, 5.74) is 8.26. The Hall–Kier alpha value is -0.910. The minimum atomic E-state index is 0.548. The van der Waals surface area contributed by atoms with Crippen LogP contribution in [0.5, 0.6) is 0 Å². The smallest absolute Gasteiger partial charge is 0.112 e. The van der Waals surface area contributed by atoms with Gasteiger partial charge in [0.1, 0.15) is 5.82 Å². The van der Waals surface area contributed by atoms with Gasteiger partial charge >= 0.3 is 0 Å². The number of hydrogen-bond acceptors (Lipinski definition) is 4. The molecule has 0 radical (unpaired) electrons. The molecule has 5 heteroatoms. The Morgan fingerprint density at radius 1 is 1.33 bits per heavy atom. The summed E-state index contributed by atoms with van der Waals surface area (Å²) in [7, 11) is 2.16. The van der Waals surface area contributed by atoms with Gasteiger partial charge in [-0.15, -0.1) is 0 Å². The van der Waals surface area contributed by atoms with Crippen LogP contribution in [-0.2, 0) is 24.4 Å². The van der Waals surface area contributed by atoms with Crippen molar-refractivity contribution in [1.29, 1.82) is 0 Å². The van der Waals surface area contributed by atoms with Crippen molar-refractivity contribution >= 4 is 0 Å². The largest absolute Gasteiger partial charge is 0.381 e. The summed E-state index contributed by atoms with van der Waals surface area (Å²) in [6, 6.07) is 0. The van der Waals surface area contributed by atoms with Crippen LogP contribution >= 0.6 is 0 Å². The van der Waals surface area contributed by atoms with E-state index in [1.807, 2.05) is 0 Å². The third-order valence-electron chi connectivity index (χ3n) is 4.09. The molecule has 0 atom stereocenters. The van der Waals surface area contributed by atoms with Crippen molar-refractivity contribution in [2.45, 2.75) is 38.4 Å². The van der Waals surface area contributed by atoms with Crippen molar-refractivity contribution in [3.05, 3.63) is 17.2 Å². The molecule has 1 fully saturated rings. The van der Waals surface area contributed by atoms with Crippen molar-refractivity contribution in [2.24, 2.45) is 5.73 Å². The minimum absolute atomic E-state index is 0.548. The predicted molar refractivity (Wildman–Crippen MR) is 69.2 cm³/mol. The third-order valence-corrected chi connectivity index (χ3v) is 4.09. The van der Waals surface area contributed by atoms with Gasteiger partial charge in [-0.1, -0.05) is 0 Å². The van der Waals surface area contributed by atoms with Crippen molar-refractivity contribution in [2.75, 3.05) is 26.8 Å². The van der Waals surface area contributed by atoms with Crippen LogP contribution in [0.15, 0.2) is 0 Å². The molecule has 3 rings (SSSR count). The second-order valence-electron chi connectivity index (χ2n) is 5.34. The van der Waals surface area contributed by atoms with E-state index in [1.54, 1.807) is 0 Å². The number of nitrogens with two attached hydrogens (primary N) is 1. The molecule has 1 aromatic heterocycles. The predicted octanol–water partition coefficient (Wildman–Crippen LogP) is 0.681. The minimum Gasteiger partial charge on any atom is -0.381 e. The van der Waals surface area contributed by atoms with E-state index in [0.29, 0.717) is 12.5 Å². The average molecular weight is 250 g/mol. The number of hydrogen-bond donors (Lipinski definition) is 1. The monoisotopic (exact) mass is 250 g/mol. The lowest BCUT2D eigenvalue weighted by molar-refractivity contribution is 0.0823. The summed E-state index contributed by atoms with van der Waals surface area (Å²) < 4.78 is 7.86. The van der Waals surface area contributed by atoms with E-state index < -0.39 is 0 Å². The molecule has 0 spiro atoms. The van der Waals surface area contributed by atoms with Gasteiger partial charge in [0, 0.05) is 45.3 Å². The SMILES string of the molecule is CN1CCn2c(C3CCOCC3)nc(CN)c2C1. The van der Waals surface area contributed by atoms with Crippen LogP contribution in [0.1, 0.15) is 36.0 Å². The third kappa shape index (κ3) is 2.06. The molecule has 1 aromatic rings. The van der Waals surface area contributed by atoms with E-state index in [2.05, 4.69) is 16.5 Å². The summed E-state index contributed by atoms with van der Waals surface area (Å²) in [4.78, 5) is 7.16. The van der Waals surface area contributed by atoms with Gasteiger partial charge < -0.3 is 15.0 Å². The number of rotatable bonds is 2. The Labute approximate surface area is 108 Å². The molecule has 2 aliphatic heterocycles. The van der Waals surface area contributed by atoms with Crippen LogP contribution in [0.2, 0.25) is 0 Å². The van der Waals surface area contributed by atoms with Gasteiger partial charge in [0.2, 0.25) is 0 Å². The average Bonchev–Trinajstić information content (AvgIpc) is 2.77. The zero-order chi connectivity index (χ0) is 12.5. The standard InChI is InChI=1S/C13H22N4O/c1-16-4-5-17-12(9-16)11(8-14)15-13(17)10-2-6-18-7-3-10/h10H,2-9,14H2,1H3. The maximum Gasteiger partial charge on any atom is 0.112 e. The van der Waals surface area contributed by atoms with E-state index in [4.69, 9.17) is 15.5 Å². The fourth-order valence-corrected chi connectivity index (χ4v) is 3.02. The van der Waals surface area contributed by atoms with Gasteiger partial charge in [-0.2, -0.15) is 0 Å². The summed E-state index contributed by atoms with van der Waals surface area (Å²) in [5, 5.41) is 0. The van der Waals surface area contributed by atoms with Gasteiger partial charge in [-0.3, -0.25) is 4.90 Å². The summed E-state index contributed by atoms with van der Waals surface area (Å²) in [5.74, 6) is 1.81. The lowest BCUT2D eigenvalue weighted by Gasteiger charge is -2.28. The molecule has 0 unspecified atom stereocenters. The number of aromatic nitrogens is 2. The topological polar surface area (TPSA) is 56.3 Å².